The van der Waals surface area contributed by atoms with E-state index in [1.165, 1.54) is 0 Å². The minimum atomic E-state index is -1.16. The third-order valence-electron chi connectivity index (χ3n) is 3.86. The quantitative estimate of drug-likeness (QED) is 0.856. The number of hydrogen-bond acceptors (Lipinski definition) is 3. The molecule has 1 aromatic carbocycles. The molecule has 23 heavy (non-hydrogen) atoms. The number of carboxylic acid groups (broad SMARTS) is 1. The Bertz CT molecular complexity index is 683. The molecule has 0 fully saturated rings. The molecule has 0 radical (unpaired) electrons. The predicted molar refractivity (Wildman–Crippen MR) is 87.1 cm³/mol. The molecule has 1 unspecified atom stereocenters. The van der Waals surface area contributed by atoms with E-state index < -0.39 is 11.4 Å². The number of rotatable bonds is 6. The molecule has 1 aromatic heterocycles. The molecule has 0 spiro atoms. The van der Waals surface area contributed by atoms with Gasteiger partial charge in [0.1, 0.15) is 5.41 Å². The topological polar surface area (TPSA) is 79.3 Å². The molecule has 0 bridgehead atoms. The number of carbonyl (C=O) groups is 2. The van der Waals surface area contributed by atoms with Gasteiger partial charge in [-0.3, -0.25) is 14.6 Å². The highest BCUT2D eigenvalue weighted by atomic mass is 16.4. The highest BCUT2D eigenvalue weighted by Crippen LogP contribution is 2.23. The fourth-order valence-corrected chi connectivity index (χ4v) is 2.23. The number of pyridine rings is 1. The van der Waals surface area contributed by atoms with Crippen LogP contribution in [-0.2, 0) is 21.4 Å². The van der Waals surface area contributed by atoms with E-state index in [1.807, 2.05) is 25.1 Å². The van der Waals surface area contributed by atoms with E-state index in [0.717, 1.165) is 11.3 Å². The predicted octanol–water partition coefficient (Wildman–Crippen LogP) is 2.09. The van der Waals surface area contributed by atoms with Crippen LogP contribution in [0.2, 0.25) is 0 Å². The van der Waals surface area contributed by atoms with Crippen molar-refractivity contribution >= 4 is 11.9 Å². The Hall–Kier alpha value is -2.69. The van der Waals surface area contributed by atoms with Gasteiger partial charge in [-0.1, -0.05) is 36.4 Å². The maximum Gasteiger partial charge on any atom is 0.315 e. The minimum Gasteiger partial charge on any atom is -0.481 e. The first-order valence-electron chi connectivity index (χ1n) is 7.39. The normalized spacial score (nSPS) is 13.1. The maximum absolute atomic E-state index is 12.1. The average Bonchev–Trinajstić information content (AvgIpc) is 2.55. The van der Waals surface area contributed by atoms with E-state index in [1.54, 1.807) is 37.4 Å². The molecule has 0 saturated heterocycles. The van der Waals surface area contributed by atoms with Gasteiger partial charge in [0.15, 0.2) is 0 Å². The molecular weight excluding hydrogens is 292 g/mol. The number of amides is 1. The Morgan fingerprint density at radius 2 is 1.87 bits per heavy atom. The van der Waals surface area contributed by atoms with Gasteiger partial charge < -0.3 is 10.4 Å². The van der Waals surface area contributed by atoms with Crippen molar-refractivity contribution in [1.29, 1.82) is 0 Å². The number of benzene rings is 1. The summed E-state index contributed by atoms with van der Waals surface area (Å²) in [7, 11) is 0. The fraction of sp³-hybridized carbons (Fsp3) is 0.278. The molecule has 5 nitrogen and oxygen atoms in total. The van der Waals surface area contributed by atoms with Crippen LogP contribution >= 0.6 is 0 Å². The molecule has 0 aliphatic rings. The molecule has 2 aromatic rings. The minimum absolute atomic E-state index is 0.0322. The number of aromatic nitrogens is 1. The Balaban J connectivity index is 2.03. The molecule has 120 valence electrons. The molecule has 2 rings (SSSR count). The first-order valence-corrected chi connectivity index (χ1v) is 7.39. The Morgan fingerprint density at radius 3 is 2.43 bits per heavy atom. The van der Waals surface area contributed by atoms with Crippen LogP contribution in [0.1, 0.15) is 23.7 Å². The Labute approximate surface area is 135 Å². The van der Waals surface area contributed by atoms with E-state index >= 15 is 0 Å². The van der Waals surface area contributed by atoms with Crippen LogP contribution in [0.4, 0.5) is 0 Å². The zero-order chi connectivity index (χ0) is 16.9. The smallest absolute Gasteiger partial charge is 0.315 e. The van der Waals surface area contributed by atoms with E-state index in [2.05, 4.69) is 10.3 Å². The van der Waals surface area contributed by atoms with Gasteiger partial charge in [-0.05, 0) is 31.0 Å². The summed E-state index contributed by atoms with van der Waals surface area (Å²) in [5.74, 6) is -1.19. The number of nitrogens with one attached hydrogen (secondary N) is 1. The van der Waals surface area contributed by atoms with Crippen molar-refractivity contribution in [3.8, 4) is 0 Å². The molecule has 0 saturated carbocycles. The van der Waals surface area contributed by atoms with Crippen LogP contribution < -0.4 is 5.32 Å². The van der Waals surface area contributed by atoms with Gasteiger partial charge in [0.25, 0.3) is 0 Å². The van der Waals surface area contributed by atoms with Crippen molar-refractivity contribution in [2.24, 2.45) is 0 Å². The average molecular weight is 312 g/mol. The van der Waals surface area contributed by atoms with E-state index in [9.17, 15) is 14.7 Å². The summed E-state index contributed by atoms with van der Waals surface area (Å²) in [6.07, 6.45) is 1.83. The van der Waals surface area contributed by atoms with Crippen molar-refractivity contribution in [3.63, 3.8) is 0 Å². The van der Waals surface area contributed by atoms with Crippen LogP contribution in [0, 0.1) is 6.92 Å². The summed E-state index contributed by atoms with van der Waals surface area (Å²) < 4.78 is 0. The first-order chi connectivity index (χ1) is 10.9. The number of aliphatic carboxylic acids is 1. The van der Waals surface area contributed by atoms with Crippen LogP contribution in [-0.4, -0.2) is 28.5 Å². The molecule has 2 N–H and O–H groups in total. The zero-order valence-electron chi connectivity index (χ0n) is 13.2. The second-order valence-corrected chi connectivity index (χ2v) is 5.76. The highest BCUT2D eigenvalue weighted by Gasteiger charge is 2.35. The first kappa shape index (κ1) is 16.7. The van der Waals surface area contributed by atoms with Gasteiger partial charge in [-0.15, -0.1) is 0 Å². The lowest BCUT2D eigenvalue weighted by Crippen LogP contribution is -2.44. The van der Waals surface area contributed by atoms with Crippen molar-refractivity contribution in [1.82, 2.24) is 10.3 Å². The largest absolute Gasteiger partial charge is 0.481 e. The van der Waals surface area contributed by atoms with E-state index in [0.29, 0.717) is 5.56 Å². The highest BCUT2D eigenvalue weighted by molar-refractivity contribution is 5.83. The van der Waals surface area contributed by atoms with Crippen LogP contribution in [0.15, 0.2) is 48.7 Å². The standard InChI is InChI=1S/C18H20N2O3/c1-13-8-9-14(11-19-13)10-16(21)20-12-18(2,17(22)23)15-6-4-3-5-7-15/h3-9,11H,10,12H2,1-2H3,(H,20,21)(H,22,23). The van der Waals surface area contributed by atoms with Gasteiger partial charge in [0.2, 0.25) is 5.91 Å². The SMILES string of the molecule is Cc1ccc(CC(=O)NCC(C)(C(=O)O)c2ccccc2)cn1. The van der Waals surface area contributed by atoms with E-state index in [4.69, 9.17) is 0 Å². The second kappa shape index (κ2) is 7.05. The summed E-state index contributed by atoms with van der Waals surface area (Å²) >= 11 is 0. The van der Waals surface area contributed by atoms with Crippen molar-refractivity contribution in [3.05, 3.63) is 65.5 Å². The number of carboxylic acids is 1. The number of carbonyl (C=O) groups excluding carboxylic acids is 1. The molecule has 0 aliphatic heterocycles. The van der Waals surface area contributed by atoms with Crippen LogP contribution in [0.25, 0.3) is 0 Å². The summed E-state index contributed by atoms with van der Waals surface area (Å²) in [6.45, 7) is 3.52. The van der Waals surface area contributed by atoms with Crippen LogP contribution in [0.5, 0.6) is 0 Å². The summed E-state index contributed by atoms with van der Waals surface area (Å²) in [5, 5.41) is 12.3. The van der Waals surface area contributed by atoms with Crippen molar-refractivity contribution in [2.45, 2.75) is 25.7 Å². The van der Waals surface area contributed by atoms with Crippen molar-refractivity contribution in [2.75, 3.05) is 6.54 Å². The lowest BCUT2D eigenvalue weighted by Gasteiger charge is -2.25. The monoisotopic (exact) mass is 312 g/mol. The number of hydrogen-bond donors (Lipinski definition) is 2. The van der Waals surface area contributed by atoms with Gasteiger partial charge in [0, 0.05) is 18.4 Å². The maximum atomic E-state index is 12.1. The summed E-state index contributed by atoms with van der Waals surface area (Å²) in [4.78, 5) is 27.9. The Morgan fingerprint density at radius 1 is 1.17 bits per heavy atom. The van der Waals surface area contributed by atoms with Gasteiger partial charge in [-0.25, -0.2) is 0 Å². The third kappa shape index (κ3) is 4.16. The molecule has 0 aliphatic carbocycles. The Kier molecular flexibility index (Phi) is 5.11. The lowest BCUT2D eigenvalue weighted by atomic mass is 9.82. The third-order valence-corrected chi connectivity index (χ3v) is 3.86. The molecule has 5 heteroatoms. The molecule has 1 heterocycles. The zero-order valence-corrected chi connectivity index (χ0v) is 13.2. The van der Waals surface area contributed by atoms with Gasteiger partial charge in [-0.2, -0.15) is 0 Å². The molecular formula is C18H20N2O3. The second-order valence-electron chi connectivity index (χ2n) is 5.76. The lowest BCUT2D eigenvalue weighted by molar-refractivity contribution is -0.143. The van der Waals surface area contributed by atoms with Crippen LogP contribution in [0.3, 0.4) is 0 Å². The van der Waals surface area contributed by atoms with Gasteiger partial charge >= 0.3 is 5.97 Å². The summed E-state index contributed by atoms with van der Waals surface area (Å²) in [6, 6.07) is 12.6. The number of nitrogens with zero attached hydrogens (tertiary/aromatic N) is 1. The summed E-state index contributed by atoms with van der Waals surface area (Å²) in [5.41, 5.74) is 1.17. The number of aryl methyl sites for hydroxylation is 1. The van der Waals surface area contributed by atoms with Gasteiger partial charge in [0.05, 0.1) is 6.42 Å². The molecule has 1 atom stereocenters. The fourth-order valence-electron chi connectivity index (χ4n) is 2.23. The molecule has 1 amide bonds. The van der Waals surface area contributed by atoms with E-state index in [-0.39, 0.29) is 18.9 Å². The van der Waals surface area contributed by atoms with Crippen molar-refractivity contribution < 1.29 is 14.7 Å².